The summed E-state index contributed by atoms with van der Waals surface area (Å²) in [6.07, 6.45) is 3.48. The molecule has 0 bridgehead atoms. The van der Waals surface area contributed by atoms with Gasteiger partial charge in [0.15, 0.2) is 0 Å². The number of carboxylic acid groups (broad SMARTS) is 1. The van der Waals surface area contributed by atoms with Gasteiger partial charge in [-0.05, 0) is 58.3 Å². The lowest BCUT2D eigenvalue weighted by atomic mass is 9.79. The molecule has 1 aromatic heterocycles. The van der Waals surface area contributed by atoms with Gasteiger partial charge in [-0.25, -0.2) is 0 Å². The predicted octanol–water partition coefficient (Wildman–Crippen LogP) is 3.45. The van der Waals surface area contributed by atoms with E-state index in [2.05, 4.69) is 5.32 Å². The highest BCUT2D eigenvalue weighted by molar-refractivity contribution is 7.08. The average Bonchev–Trinajstić information content (AvgIpc) is 3.49. The van der Waals surface area contributed by atoms with Gasteiger partial charge in [0.1, 0.15) is 6.04 Å². The molecule has 1 aliphatic carbocycles. The van der Waals surface area contributed by atoms with Gasteiger partial charge >= 0.3 is 5.97 Å². The van der Waals surface area contributed by atoms with Gasteiger partial charge in [-0.1, -0.05) is 18.9 Å². The highest BCUT2D eigenvalue weighted by Gasteiger charge is 2.43. The molecule has 2 fully saturated rings. The fourth-order valence-electron chi connectivity index (χ4n) is 5.58. The fraction of sp³-hybridized carbons (Fsp3) is 0.440. The molecule has 8 nitrogen and oxygen atoms in total. The Morgan fingerprint density at radius 2 is 1.88 bits per heavy atom. The van der Waals surface area contributed by atoms with E-state index < -0.39 is 17.4 Å². The Morgan fingerprint density at radius 1 is 1.09 bits per heavy atom. The fourth-order valence-corrected chi connectivity index (χ4v) is 6.25. The van der Waals surface area contributed by atoms with Crippen LogP contribution in [-0.4, -0.2) is 64.3 Å². The van der Waals surface area contributed by atoms with Crippen LogP contribution in [0.3, 0.4) is 0 Å². The lowest BCUT2D eigenvalue weighted by Crippen LogP contribution is -2.59. The monoisotopic (exact) mass is 481 g/mol. The number of benzene rings is 1. The molecule has 1 saturated carbocycles. The van der Waals surface area contributed by atoms with Crippen LogP contribution in [0.4, 0.5) is 5.69 Å². The van der Waals surface area contributed by atoms with Crippen molar-refractivity contribution in [2.45, 2.75) is 44.6 Å². The van der Waals surface area contributed by atoms with Crippen LogP contribution in [0.25, 0.3) is 11.1 Å². The maximum absolute atomic E-state index is 13.4. The molecule has 1 unspecified atom stereocenters. The number of carboxylic acids is 1. The quantitative estimate of drug-likeness (QED) is 0.680. The summed E-state index contributed by atoms with van der Waals surface area (Å²) < 4.78 is 0. The summed E-state index contributed by atoms with van der Waals surface area (Å²) in [6.45, 7) is 0.707. The van der Waals surface area contributed by atoms with E-state index in [4.69, 9.17) is 0 Å². The van der Waals surface area contributed by atoms with Crippen LogP contribution in [-0.2, 0) is 14.4 Å². The van der Waals surface area contributed by atoms with Gasteiger partial charge in [0.2, 0.25) is 11.8 Å². The average molecular weight is 482 g/mol. The topological polar surface area (TPSA) is 107 Å². The molecule has 2 N–H and O–H groups in total. The van der Waals surface area contributed by atoms with Gasteiger partial charge < -0.3 is 20.2 Å². The van der Waals surface area contributed by atoms with Gasteiger partial charge in [-0.3, -0.25) is 19.2 Å². The Labute approximate surface area is 201 Å². The van der Waals surface area contributed by atoms with E-state index in [-0.39, 0.29) is 43.7 Å². The van der Waals surface area contributed by atoms with Gasteiger partial charge in [-0.2, -0.15) is 11.3 Å². The van der Waals surface area contributed by atoms with Crippen molar-refractivity contribution in [3.63, 3.8) is 0 Å². The number of nitrogens with one attached hydrogen (secondary N) is 1. The Bertz CT molecular complexity index is 1140. The van der Waals surface area contributed by atoms with Crippen molar-refractivity contribution in [1.82, 2.24) is 9.80 Å². The molecule has 3 aliphatic rings. The van der Waals surface area contributed by atoms with Crippen molar-refractivity contribution < 1.29 is 24.3 Å². The van der Waals surface area contributed by atoms with Crippen molar-refractivity contribution in [1.29, 1.82) is 0 Å². The Kier molecular flexibility index (Phi) is 5.89. The highest BCUT2D eigenvalue weighted by Crippen LogP contribution is 2.44. The Hall–Kier alpha value is -3.20. The van der Waals surface area contributed by atoms with Gasteiger partial charge in [0.05, 0.1) is 24.2 Å². The number of amides is 3. The number of nitrogens with zero attached hydrogens (tertiary/aromatic N) is 2. The number of hydrogen-bond donors (Lipinski definition) is 2. The third-order valence-corrected chi connectivity index (χ3v) is 8.06. The minimum atomic E-state index is -0.882. The Balaban J connectivity index is 1.34. The molecule has 1 saturated heterocycles. The minimum Gasteiger partial charge on any atom is -0.481 e. The minimum absolute atomic E-state index is 0.0110. The molecule has 3 heterocycles. The van der Waals surface area contributed by atoms with Crippen LogP contribution in [0.1, 0.15) is 48.9 Å². The van der Waals surface area contributed by atoms with E-state index in [1.807, 2.05) is 29.0 Å². The summed E-state index contributed by atoms with van der Waals surface area (Å²) in [5.41, 5.74) is 2.36. The number of carbonyl (C=O) groups excluding carboxylic acids is 3. The van der Waals surface area contributed by atoms with E-state index in [0.717, 1.165) is 36.8 Å². The van der Waals surface area contributed by atoms with Crippen molar-refractivity contribution in [3.05, 3.63) is 40.6 Å². The molecule has 2 aliphatic heterocycles. The largest absolute Gasteiger partial charge is 0.481 e. The molecule has 34 heavy (non-hydrogen) atoms. The molecule has 178 valence electrons. The number of thiophene rings is 1. The smallest absolute Gasteiger partial charge is 0.303 e. The van der Waals surface area contributed by atoms with E-state index in [0.29, 0.717) is 17.8 Å². The standard InChI is InChI=1S/C25H27N3O5S/c29-21(12-25(13-22(30)31)6-1-2-7-25)27-8-9-28-20(14-27)23(32)26-19-4-3-16(11-18(19)24(28)33)17-5-10-34-15-17/h3-5,10-11,15,20H,1-2,6-9,12-14H2,(H,26,32)(H,30,31). The molecular formula is C25H27N3O5S. The van der Waals surface area contributed by atoms with Gasteiger partial charge in [0.25, 0.3) is 5.91 Å². The summed E-state index contributed by atoms with van der Waals surface area (Å²) in [5, 5.41) is 16.2. The molecule has 1 aromatic carbocycles. The number of anilines is 1. The summed E-state index contributed by atoms with van der Waals surface area (Å²) >= 11 is 1.58. The summed E-state index contributed by atoms with van der Waals surface area (Å²) in [6, 6.07) is 6.67. The third kappa shape index (κ3) is 4.20. The zero-order valence-corrected chi connectivity index (χ0v) is 19.6. The van der Waals surface area contributed by atoms with E-state index in [9.17, 15) is 24.3 Å². The molecule has 2 aromatic rings. The molecule has 5 rings (SSSR count). The van der Waals surface area contributed by atoms with Gasteiger partial charge in [-0.15, -0.1) is 0 Å². The predicted molar refractivity (Wildman–Crippen MR) is 128 cm³/mol. The number of carbonyl (C=O) groups is 4. The first-order valence-electron chi connectivity index (χ1n) is 11.6. The SMILES string of the molecule is O=C(O)CC1(CC(=O)N2CCN3C(=O)c4cc(-c5ccsc5)ccc4NC(=O)C3C2)CCCC1. The summed E-state index contributed by atoms with van der Waals surface area (Å²) in [7, 11) is 0. The second-order valence-electron chi connectivity index (χ2n) is 9.57. The number of hydrogen-bond acceptors (Lipinski definition) is 5. The van der Waals surface area contributed by atoms with Crippen LogP contribution >= 0.6 is 11.3 Å². The third-order valence-electron chi connectivity index (χ3n) is 7.38. The second kappa shape index (κ2) is 8.87. The van der Waals surface area contributed by atoms with Gasteiger partial charge in [0, 0.05) is 19.5 Å². The van der Waals surface area contributed by atoms with Crippen molar-refractivity contribution in [2.24, 2.45) is 5.41 Å². The van der Waals surface area contributed by atoms with Crippen molar-refractivity contribution in [3.8, 4) is 11.1 Å². The highest BCUT2D eigenvalue weighted by atomic mass is 32.1. The number of aliphatic carboxylic acids is 1. The molecule has 0 spiro atoms. The number of rotatable bonds is 5. The van der Waals surface area contributed by atoms with Crippen LogP contribution in [0.15, 0.2) is 35.0 Å². The van der Waals surface area contributed by atoms with Crippen LogP contribution in [0.2, 0.25) is 0 Å². The molecule has 9 heteroatoms. The molecule has 3 amide bonds. The maximum atomic E-state index is 13.4. The molecule has 0 radical (unpaired) electrons. The first-order chi connectivity index (χ1) is 16.3. The van der Waals surface area contributed by atoms with Crippen LogP contribution < -0.4 is 5.32 Å². The summed E-state index contributed by atoms with van der Waals surface area (Å²) in [5.74, 6) is -1.55. The lowest BCUT2D eigenvalue weighted by molar-refractivity contribution is -0.142. The summed E-state index contributed by atoms with van der Waals surface area (Å²) in [4.78, 5) is 54.3. The number of piperazine rings is 1. The second-order valence-corrected chi connectivity index (χ2v) is 10.4. The van der Waals surface area contributed by atoms with E-state index in [1.54, 1.807) is 27.2 Å². The normalized spacial score (nSPS) is 21.5. The van der Waals surface area contributed by atoms with E-state index >= 15 is 0 Å². The maximum Gasteiger partial charge on any atom is 0.303 e. The zero-order chi connectivity index (χ0) is 23.9. The molecule has 1 atom stereocenters. The molecular weight excluding hydrogens is 454 g/mol. The first-order valence-corrected chi connectivity index (χ1v) is 12.6. The van der Waals surface area contributed by atoms with Crippen LogP contribution in [0, 0.1) is 5.41 Å². The first kappa shape index (κ1) is 22.6. The van der Waals surface area contributed by atoms with Crippen molar-refractivity contribution in [2.75, 3.05) is 25.0 Å². The van der Waals surface area contributed by atoms with Crippen LogP contribution in [0.5, 0.6) is 0 Å². The zero-order valence-electron chi connectivity index (χ0n) is 18.8. The van der Waals surface area contributed by atoms with Crippen molar-refractivity contribution >= 4 is 40.7 Å². The Morgan fingerprint density at radius 3 is 2.59 bits per heavy atom. The number of fused-ring (bicyclic) bond motifs is 2. The lowest BCUT2D eigenvalue weighted by Gasteiger charge is -2.40. The van der Waals surface area contributed by atoms with E-state index in [1.165, 1.54) is 0 Å².